The molecule has 1 fully saturated rings. The van der Waals surface area contributed by atoms with Crippen LogP contribution < -0.4 is 4.72 Å². The molecule has 1 aromatic carbocycles. The summed E-state index contributed by atoms with van der Waals surface area (Å²) in [5.74, 6) is 0.969. The van der Waals surface area contributed by atoms with E-state index in [2.05, 4.69) is 18.6 Å². The minimum atomic E-state index is -3.41. The topological polar surface area (TPSA) is 70.0 Å². The van der Waals surface area contributed by atoms with Gasteiger partial charge in [-0.2, -0.15) is 5.26 Å². The number of benzene rings is 1. The van der Waals surface area contributed by atoms with Crippen molar-refractivity contribution in [1.82, 2.24) is 4.72 Å². The Morgan fingerprint density at radius 1 is 1.19 bits per heavy atom. The first kappa shape index (κ1) is 16.0. The van der Waals surface area contributed by atoms with E-state index in [4.69, 9.17) is 5.26 Å². The molecule has 0 heterocycles. The maximum Gasteiger partial charge on any atom is 0.216 e. The van der Waals surface area contributed by atoms with Gasteiger partial charge in [-0.05, 0) is 42.7 Å². The molecule has 1 saturated carbocycles. The highest BCUT2D eigenvalue weighted by Gasteiger charge is 2.27. The normalized spacial score (nSPS) is 26.2. The average molecular weight is 306 g/mol. The molecule has 114 valence electrons. The zero-order valence-electron chi connectivity index (χ0n) is 12.5. The highest BCUT2D eigenvalue weighted by Crippen LogP contribution is 2.29. The van der Waals surface area contributed by atoms with E-state index in [1.807, 2.05) is 6.07 Å². The van der Waals surface area contributed by atoms with Crippen molar-refractivity contribution in [1.29, 1.82) is 5.26 Å². The molecule has 0 spiro atoms. The van der Waals surface area contributed by atoms with Gasteiger partial charge in [-0.15, -0.1) is 0 Å². The van der Waals surface area contributed by atoms with E-state index in [0.29, 0.717) is 23.0 Å². The average Bonchev–Trinajstić information content (AvgIpc) is 2.36. The first-order chi connectivity index (χ1) is 9.89. The Morgan fingerprint density at radius 3 is 2.43 bits per heavy atom. The Bertz CT molecular complexity index is 624. The standard InChI is InChI=1S/C16H22N2O2S/c1-12-7-13(2)9-16(8-12)18-21(19,20)11-15-6-4-3-5-14(15)10-17/h3-6,12-13,16,18H,7-9,11H2,1-2H3. The summed E-state index contributed by atoms with van der Waals surface area (Å²) in [5.41, 5.74) is 0.984. The fourth-order valence-corrected chi connectivity index (χ4v) is 4.74. The smallest absolute Gasteiger partial charge is 0.212 e. The van der Waals surface area contributed by atoms with Gasteiger partial charge in [0.05, 0.1) is 17.4 Å². The first-order valence-electron chi connectivity index (χ1n) is 7.37. The van der Waals surface area contributed by atoms with Crippen LogP contribution in [0.5, 0.6) is 0 Å². The predicted octanol–water partition coefficient (Wildman–Crippen LogP) is 2.80. The molecule has 5 heteroatoms. The van der Waals surface area contributed by atoms with Gasteiger partial charge in [-0.1, -0.05) is 32.0 Å². The lowest BCUT2D eigenvalue weighted by molar-refractivity contribution is 0.257. The van der Waals surface area contributed by atoms with Gasteiger partial charge in [0.2, 0.25) is 10.0 Å². The molecule has 1 aliphatic rings. The number of nitrogens with one attached hydrogen (secondary N) is 1. The van der Waals surface area contributed by atoms with Crippen molar-refractivity contribution in [2.24, 2.45) is 11.8 Å². The van der Waals surface area contributed by atoms with Crippen LogP contribution in [0.15, 0.2) is 24.3 Å². The zero-order chi connectivity index (χ0) is 15.5. The predicted molar refractivity (Wildman–Crippen MR) is 82.9 cm³/mol. The monoisotopic (exact) mass is 306 g/mol. The summed E-state index contributed by atoms with van der Waals surface area (Å²) in [5, 5.41) is 9.04. The SMILES string of the molecule is CC1CC(C)CC(NS(=O)(=O)Cc2ccccc2C#N)C1. The van der Waals surface area contributed by atoms with Crippen LogP contribution in [-0.4, -0.2) is 14.5 Å². The van der Waals surface area contributed by atoms with Crippen LogP contribution in [0.4, 0.5) is 0 Å². The summed E-state index contributed by atoms with van der Waals surface area (Å²) < 4.78 is 27.5. The van der Waals surface area contributed by atoms with Gasteiger partial charge in [-0.25, -0.2) is 13.1 Å². The van der Waals surface area contributed by atoms with Crippen LogP contribution in [0.25, 0.3) is 0 Å². The molecule has 1 aliphatic carbocycles. The molecule has 0 amide bonds. The molecule has 1 aromatic rings. The molecule has 0 bridgehead atoms. The number of hydrogen-bond donors (Lipinski definition) is 1. The molecule has 0 aromatic heterocycles. The number of nitrogens with zero attached hydrogens (tertiary/aromatic N) is 1. The van der Waals surface area contributed by atoms with Crippen molar-refractivity contribution in [3.05, 3.63) is 35.4 Å². The summed E-state index contributed by atoms with van der Waals surface area (Å²) >= 11 is 0. The highest BCUT2D eigenvalue weighted by atomic mass is 32.2. The Labute approximate surface area is 127 Å². The van der Waals surface area contributed by atoms with Gasteiger partial charge < -0.3 is 0 Å². The number of rotatable bonds is 4. The van der Waals surface area contributed by atoms with Crippen LogP contribution in [0.2, 0.25) is 0 Å². The third-order valence-corrected chi connectivity index (χ3v) is 5.39. The van der Waals surface area contributed by atoms with Crippen LogP contribution in [0, 0.1) is 23.2 Å². The lowest BCUT2D eigenvalue weighted by Gasteiger charge is -2.31. The summed E-state index contributed by atoms with van der Waals surface area (Å²) in [7, 11) is -3.41. The van der Waals surface area contributed by atoms with Crippen molar-refractivity contribution in [3.8, 4) is 6.07 Å². The Morgan fingerprint density at radius 2 is 1.81 bits per heavy atom. The lowest BCUT2D eigenvalue weighted by atomic mass is 9.81. The molecule has 0 saturated heterocycles. The third-order valence-electron chi connectivity index (χ3n) is 4.01. The molecule has 0 radical (unpaired) electrons. The zero-order valence-corrected chi connectivity index (χ0v) is 13.4. The number of sulfonamides is 1. The second-order valence-electron chi connectivity index (χ2n) is 6.26. The molecule has 2 unspecified atom stereocenters. The van der Waals surface area contributed by atoms with Gasteiger partial charge in [0.15, 0.2) is 0 Å². The lowest BCUT2D eigenvalue weighted by Crippen LogP contribution is -2.40. The Kier molecular flexibility index (Phi) is 5.02. The summed E-state index contributed by atoms with van der Waals surface area (Å²) in [4.78, 5) is 0. The van der Waals surface area contributed by atoms with Gasteiger partial charge in [-0.3, -0.25) is 0 Å². The minimum Gasteiger partial charge on any atom is -0.212 e. The Hall–Kier alpha value is -1.38. The van der Waals surface area contributed by atoms with E-state index in [1.165, 1.54) is 0 Å². The molecule has 21 heavy (non-hydrogen) atoms. The maximum atomic E-state index is 12.3. The second kappa shape index (κ2) is 6.59. The van der Waals surface area contributed by atoms with Crippen LogP contribution in [0.3, 0.4) is 0 Å². The maximum absolute atomic E-state index is 12.3. The van der Waals surface area contributed by atoms with Crippen molar-refractivity contribution >= 4 is 10.0 Å². The van der Waals surface area contributed by atoms with Crippen LogP contribution in [-0.2, 0) is 15.8 Å². The Balaban J connectivity index is 2.07. The van der Waals surface area contributed by atoms with E-state index in [1.54, 1.807) is 24.3 Å². The van der Waals surface area contributed by atoms with Crippen molar-refractivity contribution in [3.63, 3.8) is 0 Å². The number of hydrogen-bond acceptors (Lipinski definition) is 3. The van der Waals surface area contributed by atoms with Gasteiger partial charge in [0.1, 0.15) is 0 Å². The van der Waals surface area contributed by atoms with Crippen LogP contribution >= 0.6 is 0 Å². The minimum absolute atomic E-state index is 0.0167. The largest absolute Gasteiger partial charge is 0.216 e. The van der Waals surface area contributed by atoms with E-state index in [9.17, 15) is 8.42 Å². The summed E-state index contributed by atoms with van der Waals surface area (Å²) in [6.07, 6.45) is 2.95. The molecule has 1 N–H and O–H groups in total. The molecule has 4 nitrogen and oxygen atoms in total. The van der Waals surface area contributed by atoms with Crippen molar-refractivity contribution in [2.75, 3.05) is 0 Å². The van der Waals surface area contributed by atoms with E-state index >= 15 is 0 Å². The highest BCUT2D eigenvalue weighted by molar-refractivity contribution is 7.88. The van der Waals surface area contributed by atoms with Crippen molar-refractivity contribution in [2.45, 2.75) is 44.9 Å². The third kappa shape index (κ3) is 4.55. The van der Waals surface area contributed by atoms with Gasteiger partial charge in [0.25, 0.3) is 0 Å². The molecule has 0 aliphatic heterocycles. The summed E-state index contributed by atoms with van der Waals surface area (Å²) in [6, 6.07) is 8.91. The van der Waals surface area contributed by atoms with Crippen molar-refractivity contribution < 1.29 is 8.42 Å². The fourth-order valence-electron chi connectivity index (χ4n) is 3.30. The number of nitriles is 1. The van der Waals surface area contributed by atoms with E-state index < -0.39 is 10.0 Å². The quantitative estimate of drug-likeness (QED) is 0.930. The molecule has 2 rings (SSSR count). The molecular weight excluding hydrogens is 284 g/mol. The van der Waals surface area contributed by atoms with Gasteiger partial charge in [0, 0.05) is 6.04 Å². The molecular formula is C16H22N2O2S. The summed E-state index contributed by atoms with van der Waals surface area (Å²) in [6.45, 7) is 4.34. The fraction of sp³-hybridized carbons (Fsp3) is 0.562. The second-order valence-corrected chi connectivity index (χ2v) is 8.01. The van der Waals surface area contributed by atoms with E-state index in [0.717, 1.165) is 19.3 Å². The first-order valence-corrected chi connectivity index (χ1v) is 9.03. The van der Waals surface area contributed by atoms with E-state index in [-0.39, 0.29) is 11.8 Å². The molecule has 2 atom stereocenters. The van der Waals surface area contributed by atoms with Gasteiger partial charge >= 0.3 is 0 Å². The van der Waals surface area contributed by atoms with Crippen LogP contribution in [0.1, 0.15) is 44.2 Å².